The summed E-state index contributed by atoms with van der Waals surface area (Å²) in [5.41, 5.74) is 7.93. The Hall–Kier alpha value is -2.04. The van der Waals surface area contributed by atoms with Crippen LogP contribution in [0.15, 0.2) is 18.2 Å². The van der Waals surface area contributed by atoms with Crippen molar-refractivity contribution in [2.45, 2.75) is 26.2 Å². The van der Waals surface area contributed by atoms with Gasteiger partial charge < -0.3 is 16.0 Å². The van der Waals surface area contributed by atoms with E-state index in [9.17, 15) is 9.59 Å². The smallest absolute Gasteiger partial charge is 0.244 e. The molecular formula is C14H19N3O2. The molecule has 1 aromatic rings. The standard InChI is InChI=1S/C14H19N3O2/c1-10-5-4-6-11(15)14(10)16-12(18)9-17-8-3-2-7-13(17)19/h4-6H,2-3,7-9,15H2,1H3,(H,16,18). The molecule has 1 aliphatic heterocycles. The molecule has 19 heavy (non-hydrogen) atoms. The van der Waals surface area contributed by atoms with Gasteiger partial charge in [0.25, 0.3) is 0 Å². The molecule has 1 saturated heterocycles. The minimum absolute atomic E-state index is 0.0548. The van der Waals surface area contributed by atoms with Crippen LogP contribution in [-0.4, -0.2) is 29.8 Å². The predicted octanol–water partition coefficient (Wildman–Crippen LogP) is 1.53. The Morgan fingerprint density at radius 1 is 1.42 bits per heavy atom. The van der Waals surface area contributed by atoms with Crippen molar-refractivity contribution in [3.8, 4) is 0 Å². The fourth-order valence-electron chi connectivity index (χ4n) is 2.24. The number of nitrogen functional groups attached to an aromatic ring is 1. The van der Waals surface area contributed by atoms with E-state index in [2.05, 4.69) is 5.32 Å². The summed E-state index contributed by atoms with van der Waals surface area (Å²) in [5.74, 6) is -0.143. The zero-order valence-electron chi connectivity index (χ0n) is 11.1. The number of nitrogens with zero attached hydrogens (tertiary/aromatic N) is 1. The molecule has 102 valence electrons. The largest absolute Gasteiger partial charge is 0.397 e. The fraction of sp³-hybridized carbons (Fsp3) is 0.429. The number of carbonyl (C=O) groups is 2. The second-order valence-electron chi connectivity index (χ2n) is 4.86. The van der Waals surface area contributed by atoms with Gasteiger partial charge in [0.15, 0.2) is 0 Å². The molecule has 5 heteroatoms. The summed E-state index contributed by atoms with van der Waals surface area (Å²) in [6.45, 7) is 2.65. The predicted molar refractivity (Wildman–Crippen MR) is 74.7 cm³/mol. The third kappa shape index (κ3) is 3.24. The van der Waals surface area contributed by atoms with Gasteiger partial charge in [-0.05, 0) is 31.4 Å². The maximum atomic E-state index is 12.0. The first-order valence-corrected chi connectivity index (χ1v) is 6.50. The van der Waals surface area contributed by atoms with Crippen LogP contribution >= 0.6 is 0 Å². The topological polar surface area (TPSA) is 75.4 Å². The first kappa shape index (κ1) is 13.4. The van der Waals surface area contributed by atoms with Gasteiger partial charge in [0.1, 0.15) is 0 Å². The molecule has 0 atom stereocenters. The molecule has 0 bridgehead atoms. The number of nitrogens with one attached hydrogen (secondary N) is 1. The Bertz CT molecular complexity index is 479. The number of hydrogen-bond donors (Lipinski definition) is 2. The van der Waals surface area contributed by atoms with Gasteiger partial charge in [-0.1, -0.05) is 12.1 Å². The van der Waals surface area contributed by atoms with Crippen LogP contribution in [0, 0.1) is 6.92 Å². The number of hydrogen-bond acceptors (Lipinski definition) is 3. The molecule has 0 radical (unpaired) electrons. The van der Waals surface area contributed by atoms with Gasteiger partial charge in [-0.25, -0.2) is 0 Å². The molecule has 3 N–H and O–H groups in total. The van der Waals surface area contributed by atoms with Crippen LogP contribution in [0.25, 0.3) is 0 Å². The van der Waals surface area contributed by atoms with E-state index < -0.39 is 0 Å². The fourth-order valence-corrected chi connectivity index (χ4v) is 2.24. The molecule has 1 heterocycles. The number of likely N-dealkylation sites (tertiary alicyclic amines) is 1. The van der Waals surface area contributed by atoms with Gasteiger partial charge >= 0.3 is 0 Å². The van der Waals surface area contributed by atoms with Crippen molar-refractivity contribution in [2.24, 2.45) is 0 Å². The molecule has 0 aromatic heterocycles. The maximum Gasteiger partial charge on any atom is 0.244 e. The van der Waals surface area contributed by atoms with E-state index in [-0.39, 0.29) is 18.4 Å². The van der Waals surface area contributed by atoms with Crippen molar-refractivity contribution in [3.63, 3.8) is 0 Å². The molecule has 1 fully saturated rings. The number of rotatable bonds is 3. The lowest BCUT2D eigenvalue weighted by molar-refractivity contribution is -0.136. The van der Waals surface area contributed by atoms with E-state index in [1.54, 1.807) is 11.0 Å². The summed E-state index contributed by atoms with van der Waals surface area (Å²) in [6, 6.07) is 5.47. The van der Waals surface area contributed by atoms with Crippen LogP contribution in [0.4, 0.5) is 11.4 Å². The number of aryl methyl sites for hydroxylation is 1. The first-order valence-electron chi connectivity index (χ1n) is 6.50. The van der Waals surface area contributed by atoms with Gasteiger partial charge in [0, 0.05) is 13.0 Å². The molecular weight excluding hydrogens is 242 g/mol. The van der Waals surface area contributed by atoms with Crippen LogP contribution in [0.5, 0.6) is 0 Å². The Labute approximate surface area is 112 Å². The van der Waals surface area contributed by atoms with Crippen LogP contribution in [-0.2, 0) is 9.59 Å². The van der Waals surface area contributed by atoms with Gasteiger partial charge in [-0.3, -0.25) is 9.59 Å². The number of para-hydroxylation sites is 1. The van der Waals surface area contributed by atoms with Crippen LogP contribution < -0.4 is 11.1 Å². The average Bonchev–Trinajstić information content (AvgIpc) is 2.37. The number of anilines is 2. The average molecular weight is 261 g/mol. The highest BCUT2D eigenvalue weighted by atomic mass is 16.2. The first-order chi connectivity index (χ1) is 9.08. The summed E-state index contributed by atoms with van der Waals surface area (Å²) < 4.78 is 0. The Kier molecular flexibility index (Phi) is 4.04. The van der Waals surface area contributed by atoms with Crippen LogP contribution in [0.3, 0.4) is 0 Å². The van der Waals surface area contributed by atoms with Crippen molar-refractivity contribution in [1.29, 1.82) is 0 Å². The highest BCUT2D eigenvalue weighted by Gasteiger charge is 2.20. The van der Waals surface area contributed by atoms with E-state index in [1.165, 1.54) is 0 Å². The van der Waals surface area contributed by atoms with E-state index in [0.717, 1.165) is 18.4 Å². The highest BCUT2D eigenvalue weighted by Crippen LogP contribution is 2.22. The molecule has 0 saturated carbocycles. The quantitative estimate of drug-likeness (QED) is 0.810. The Morgan fingerprint density at radius 3 is 2.89 bits per heavy atom. The molecule has 0 aliphatic carbocycles. The molecule has 1 aromatic carbocycles. The summed E-state index contributed by atoms with van der Waals surface area (Å²) in [6.07, 6.45) is 2.42. The minimum atomic E-state index is -0.198. The van der Waals surface area contributed by atoms with Crippen molar-refractivity contribution in [1.82, 2.24) is 4.90 Å². The van der Waals surface area contributed by atoms with E-state index in [4.69, 9.17) is 5.73 Å². The SMILES string of the molecule is Cc1cccc(N)c1NC(=O)CN1CCCCC1=O. The number of piperidine rings is 1. The molecule has 1 aliphatic rings. The summed E-state index contributed by atoms with van der Waals surface area (Å²) in [7, 11) is 0. The van der Waals surface area contributed by atoms with E-state index in [1.807, 2.05) is 19.1 Å². The van der Waals surface area contributed by atoms with Crippen molar-refractivity contribution in [3.05, 3.63) is 23.8 Å². The summed E-state index contributed by atoms with van der Waals surface area (Å²) in [4.78, 5) is 25.2. The second kappa shape index (κ2) is 5.73. The maximum absolute atomic E-state index is 12.0. The summed E-state index contributed by atoms with van der Waals surface area (Å²) in [5, 5.41) is 2.79. The lowest BCUT2D eigenvalue weighted by Gasteiger charge is -2.26. The number of amides is 2. The van der Waals surface area contributed by atoms with Crippen molar-refractivity contribution < 1.29 is 9.59 Å². The third-order valence-corrected chi connectivity index (χ3v) is 3.33. The monoisotopic (exact) mass is 261 g/mol. The molecule has 2 rings (SSSR count). The van der Waals surface area contributed by atoms with Crippen LogP contribution in [0.1, 0.15) is 24.8 Å². The van der Waals surface area contributed by atoms with E-state index in [0.29, 0.717) is 24.3 Å². The number of carbonyl (C=O) groups excluding carboxylic acids is 2. The molecule has 2 amide bonds. The zero-order valence-corrected chi connectivity index (χ0v) is 11.1. The zero-order chi connectivity index (χ0) is 13.8. The molecule has 5 nitrogen and oxygen atoms in total. The van der Waals surface area contributed by atoms with Gasteiger partial charge in [0.2, 0.25) is 11.8 Å². The Balaban J connectivity index is 1.99. The normalized spacial score (nSPS) is 15.4. The third-order valence-electron chi connectivity index (χ3n) is 3.33. The minimum Gasteiger partial charge on any atom is -0.397 e. The Morgan fingerprint density at radius 2 is 2.21 bits per heavy atom. The van der Waals surface area contributed by atoms with Crippen molar-refractivity contribution >= 4 is 23.2 Å². The second-order valence-corrected chi connectivity index (χ2v) is 4.86. The highest BCUT2D eigenvalue weighted by molar-refractivity contribution is 5.97. The van der Waals surface area contributed by atoms with E-state index >= 15 is 0 Å². The van der Waals surface area contributed by atoms with Crippen molar-refractivity contribution in [2.75, 3.05) is 24.1 Å². The van der Waals surface area contributed by atoms with Gasteiger partial charge in [0.05, 0.1) is 17.9 Å². The molecule has 0 unspecified atom stereocenters. The number of benzene rings is 1. The van der Waals surface area contributed by atoms with Crippen LogP contribution in [0.2, 0.25) is 0 Å². The lowest BCUT2D eigenvalue weighted by atomic mass is 10.1. The summed E-state index contributed by atoms with van der Waals surface area (Å²) >= 11 is 0. The van der Waals surface area contributed by atoms with Gasteiger partial charge in [-0.15, -0.1) is 0 Å². The number of nitrogens with two attached hydrogens (primary N) is 1. The van der Waals surface area contributed by atoms with Gasteiger partial charge in [-0.2, -0.15) is 0 Å². The lowest BCUT2D eigenvalue weighted by Crippen LogP contribution is -2.40. The molecule has 0 spiro atoms.